The van der Waals surface area contributed by atoms with Crippen LogP contribution in [0.5, 0.6) is 0 Å². The summed E-state index contributed by atoms with van der Waals surface area (Å²) in [6.45, 7) is 1.80. The molecule has 0 radical (unpaired) electrons. The number of carboxylic acid groups (broad SMARTS) is 1. The first-order chi connectivity index (χ1) is 7.65. The zero-order valence-corrected chi connectivity index (χ0v) is 9.18. The minimum Gasteiger partial charge on any atom is -0.481 e. The molecule has 84 valence electrons. The number of carboxylic acids is 1. The van der Waals surface area contributed by atoms with Crippen molar-refractivity contribution in [2.75, 3.05) is 5.73 Å². The van der Waals surface area contributed by atoms with E-state index < -0.39 is 11.9 Å². The van der Waals surface area contributed by atoms with Crippen LogP contribution in [0.3, 0.4) is 0 Å². The number of benzene rings is 1. The van der Waals surface area contributed by atoms with Gasteiger partial charge in [0.15, 0.2) is 0 Å². The van der Waals surface area contributed by atoms with Gasteiger partial charge < -0.3 is 10.8 Å². The third-order valence-electron chi connectivity index (χ3n) is 2.28. The van der Waals surface area contributed by atoms with Gasteiger partial charge in [0, 0.05) is 5.69 Å². The van der Waals surface area contributed by atoms with Crippen LogP contribution in [-0.4, -0.2) is 11.1 Å². The lowest BCUT2D eigenvalue weighted by Gasteiger charge is -2.08. The predicted molar refractivity (Wildman–Crippen MR) is 64.0 cm³/mol. The molecule has 0 aliphatic heterocycles. The van der Waals surface area contributed by atoms with Crippen molar-refractivity contribution in [3.8, 4) is 0 Å². The fourth-order valence-corrected chi connectivity index (χ4v) is 1.39. The number of anilines is 1. The molecular weight excluding hydrogens is 202 g/mol. The Bertz CT molecular complexity index is 431. The smallest absolute Gasteiger partial charge is 0.311 e. The van der Waals surface area contributed by atoms with Gasteiger partial charge in [0.1, 0.15) is 0 Å². The number of aliphatic carboxylic acids is 1. The summed E-state index contributed by atoms with van der Waals surface area (Å²) in [5.74, 6) is -1.45. The lowest BCUT2D eigenvalue weighted by atomic mass is 9.98. The summed E-state index contributed by atoms with van der Waals surface area (Å²) >= 11 is 0. The van der Waals surface area contributed by atoms with E-state index in [4.69, 9.17) is 10.8 Å². The number of para-hydroxylation sites is 1. The Morgan fingerprint density at radius 2 is 2.25 bits per heavy atom. The summed E-state index contributed by atoms with van der Waals surface area (Å²) in [4.78, 5) is 11.0. The van der Waals surface area contributed by atoms with Crippen molar-refractivity contribution in [1.82, 2.24) is 0 Å². The van der Waals surface area contributed by atoms with Gasteiger partial charge in [0.25, 0.3) is 0 Å². The first-order valence-electron chi connectivity index (χ1n) is 5.08. The Morgan fingerprint density at radius 1 is 1.56 bits per heavy atom. The molecule has 0 spiro atoms. The Balaban J connectivity index is 2.88. The molecule has 0 saturated carbocycles. The van der Waals surface area contributed by atoms with E-state index in [9.17, 15) is 4.79 Å². The van der Waals surface area contributed by atoms with Crippen molar-refractivity contribution in [3.05, 3.63) is 47.7 Å². The van der Waals surface area contributed by atoms with Crippen LogP contribution < -0.4 is 5.73 Å². The van der Waals surface area contributed by atoms with Crippen LogP contribution in [-0.2, 0) is 11.2 Å². The van der Waals surface area contributed by atoms with Gasteiger partial charge in [-0.1, -0.05) is 18.2 Å². The molecular formula is C13H15NO2. The van der Waals surface area contributed by atoms with Crippen LogP contribution in [0, 0.1) is 5.92 Å². The third-order valence-corrected chi connectivity index (χ3v) is 2.28. The van der Waals surface area contributed by atoms with E-state index in [-0.39, 0.29) is 0 Å². The molecule has 0 amide bonds. The molecule has 1 aromatic carbocycles. The number of carbonyl (C=O) groups is 1. The van der Waals surface area contributed by atoms with E-state index in [0.29, 0.717) is 12.1 Å². The highest BCUT2D eigenvalue weighted by Gasteiger charge is 2.15. The van der Waals surface area contributed by atoms with E-state index in [2.05, 4.69) is 5.73 Å². The first kappa shape index (κ1) is 12.1. The monoisotopic (exact) mass is 217 g/mol. The average molecular weight is 217 g/mol. The van der Waals surface area contributed by atoms with Crippen molar-refractivity contribution in [1.29, 1.82) is 0 Å². The van der Waals surface area contributed by atoms with E-state index in [1.807, 2.05) is 18.2 Å². The Morgan fingerprint density at radius 3 is 2.81 bits per heavy atom. The normalized spacial score (nSPS) is 11.3. The maximum Gasteiger partial charge on any atom is 0.311 e. The van der Waals surface area contributed by atoms with E-state index in [1.165, 1.54) is 0 Å². The quantitative estimate of drug-likeness (QED) is 0.600. The summed E-state index contributed by atoms with van der Waals surface area (Å²) in [5, 5.41) is 9.03. The number of hydrogen-bond donors (Lipinski definition) is 2. The summed E-state index contributed by atoms with van der Waals surface area (Å²) in [5.41, 5.74) is 10.0. The topological polar surface area (TPSA) is 63.3 Å². The maximum atomic E-state index is 11.0. The van der Waals surface area contributed by atoms with Gasteiger partial charge in [-0.25, -0.2) is 0 Å². The highest BCUT2D eigenvalue weighted by Crippen LogP contribution is 2.16. The first-order valence-corrected chi connectivity index (χ1v) is 5.08. The SMILES string of the molecule is CC=C=CC(Cc1ccccc1N)C(=O)O. The lowest BCUT2D eigenvalue weighted by molar-refractivity contribution is -0.140. The van der Waals surface area contributed by atoms with Gasteiger partial charge >= 0.3 is 5.97 Å². The van der Waals surface area contributed by atoms with E-state index in [0.717, 1.165) is 5.56 Å². The molecule has 1 rings (SSSR count). The number of hydrogen-bond acceptors (Lipinski definition) is 2. The Labute approximate surface area is 94.9 Å². The predicted octanol–water partition coefficient (Wildman–Crippen LogP) is 2.24. The van der Waals surface area contributed by atoms with Crippen molar-refractivity contribution in [2.24, 2.45) is 5.92 Å². The minimum absolute atomic E-state index is 0.392. The van der Waals surface area contributed by atoms with E-state index >= 15 is 0 Å². The molecule has 0 bridgehead atoms. The molecule has 0 aliphatic rings. The molecule has 1 atom stereocenters. The second kappa shape index (κ2) is 5.79. The number of rotatable bonds is 4. The second-order valence-corrected chi connectivity index (χ2v) is 3.47. The second-order valence-electron chi connectivity index (χ2n) is 3.47. The lowest BCUT2D eigenvalue weighted by Crippen LogP contribution is -2.14. The molecule has 3 N–H and O–H groups in total. The van der Waals surface area contributed by atoms with Gasteiger partial charge in [0.2, 0.25) is 0 Å². The highest BCUT2D eigenvalue weighted by atomic mass is 16.4. The van der Waals surface area contributed by atoms with Crippen LogP contribution in [0.1, 0.15) is 12.5 Å². The molecule has 1 unspecified atom stereocenters. The number of nitrogens with two attached hydrogens (primary N) is 1. The molecule has 16 heavy (non-hydrogen) atoms. The van der Waals surface area contributed by atoms with Crippen LogP contribution >= 0.6 is 0 Å². The standard InChI is InChI=1S/C13H15NO2/c1-2-3-6-11(13(15)16)9-10-7-4-5-8-12(10)14/h2,4-8,11H,9,14H2,1H3,(H,15,16). The van der Waals surface area contributed by atoms with Crippen molar-refractivity contribution < 1.29 is 9.90 Å². The van der Waals surface area contributed by atoms with E-state index in [1.54, 1.807) is 25.1 Å². The summed E-state index contributed by atoms with van der Waals surface area (Å²) < 4.78 is 0. The molecule has 3 nitrogen and oxygen atoms in total. The van der Waals surface area contributed by atoms with Gasteiger partial charge in [-0.2, -0.15) is 0 Å². The van der Waals surface area contributed by atoms with Crippen molar-refractivity contribution in [3.63, 3.8) is 0 Å². The molecule has 0 saturated heterocycles. The largest absolute Gasteiger partial charge is 0.481 e. The molecule has 0 aromatic heterocycles. The average Bonchev–Trinajstić information content (AvgIpc) is 2.26. The van der Waals surface area contributed by atoms with Gasteiger partial charge in [-0.15, -0.1) is 5.73 Å². The van der Waals surface area contributed by atoms with Crippen molar-refractivity contribution >= 4 is 11.7 Å². The summed E-state index contributed by atoms with van der Waals surface area (Å²) in [6.07, 6.45) is 3.63. The number of nitrogen functional groups attached to an aromatic ring is 1. The highest BCUT2D eigenvalue weighted by molar-refractivity contribution is 5.73. The van der Waals surface area contributed by atoms with Crippen LogP contribution in [0.4, 0.5) is 5.69 Å². The summed E-state index contributed by atoms with van der Waals surface area (Å²) in [7, 11) is 0. The van der Waals surface area contributed by atoms with Gasteiger partial charge in [0.05, 0.1) is 5.92 Å². The molecule has 0 aliphatic carbocycles. The van der Waals surface area contributed by atoms with Crippen LogP contribution in [0.25, 0.3) is 0 Å². The maximum absolute atomic E-state index is 11.0. The van der Waals surface area contributed by atoms with Gasteiger partial charge in [-0.05, 0) is 37.1 Å². The fourth-order valence-electron chi connectivity index (χ4n) is 1.39. The van der Waals surface area contributed by atoms with Crippen LogP contribution in [0.2, 0.25) is 0 Å². The Hall–Kier alpha value is -1.99. The zero-order valence-electron chi connectivity index (χ0n) is 9.18. The summed E-state index contributed by atoms with van der Waals surface area (Å²) in [6, 6.07) is 7.29. The Kier molecular flexibility index (Phi) is 4.37. The molecule has 1 aromatic rings. The molecule has 3 heteroatoms. The molecule has 0 fully saturated rings. The fraction of sp³-hybridized carbons (Fsp3) is 0.231. The zero-order chi connectivity index (χ0) is 12.0. The third kappa shape index (κ3) is 3.30. The van der Waals surface area contributed by atoms with Crippen molar-refractivity contribution in [2.45, 2.75) is 13.3 Å². The molecule has 0 heterocycles. The van der Waals surface area contributed by atoms with Crippen LogP contribution in [0.15, 0.2) is 42.1 Å². The van der Waals surface area contributed by atoms with Gasteiger partial charge in [-0.3, -0.25) is 4.79 Å². The minimum atomic E-state index is -0.863.